The van der Waals surface area contributed by atoms with Crippen molar-refractivity contribution in [2.24, 2.45) is 0 Å². The highest BCUT2D eigenvalue weighted by Crippen LogP contribution is 2.13. The summed E-state index contributed by atoms with van der Waals surface area (Å²) in [5.41, 5.74) is 0.153. The van der Waals surface area contributed by atoms with E-state index in [0.717, 1.165) is 6.20 Å². The smallest absolute Gasteiger partial charge is 0.337 e. The van der Waals surface area contributed by atoms with E-state index in [9.17, 15) is 14.0 Å². The first-order valence-corrected chi connectivity index (χ1v) is 5.57. The minimum absolute atomic E-state index is 0.0207. The van der Waals surface area contributed by atoms with E-state index in [4.69, 9.17) is 5.11 Å². The molecule has 0 atom stereocenters. The number of amides is 2. The van der Waals surface area contributed by atoms with Crippen LogP contribution in [0.25, 0.3) is 0 Å². The van der Waals surface area contributed by atoms with Gasteiger partial charge in [0.2, 0.25) is 0 Å². The summed E-state index contributed by atoms with van der Waals surface area (Å²) in [6, 6.07) is 6.24. The Hall–Kier alpha value is -2.96. The van der Waals surface area contributed by atoms with Gasteiger partial charge in [-0.05, 0) is 18.2 Å². The third-order valence-electron chi connectivity index (χ3n) is 2.37. The molecule has 1 aromatic carbocycles. The molecule has 20 heavy (non-hydrogen) atoms. The number of carboxylic acids is 1. The van der Waals surface area contributed by atoms with Gasteiger partial charge < -0.3 is 15.7 Å². The molecule has 1 heterocycles. The molecule has 0 aliphatic heterocycles. The van der Waals surface area contributed by atoms with Crippen LogP contribution >= 0.6 is 0 Å². The molecule has 102 valence electrons. The highest BCUT2D eigenvalue weighted by atomic mass is 19.1. The number of nitrogens with zero attached hydrogens (tertiary/aromatic N) is 1. The molecule has 0 unspecified atom stereocenters. The van der Waals surface area contributed by atoms with Crippen LogP contribution in [0.2, 0.25) is 0 Å². The third kappa shape index (κ3) is 3.29. The van der Waals surface area contributed by atoms with Crippen LogP contribution in [0.15, 0.2) is 42.7 Å². The van der Waals surface area contributed by atoms with E-state index in [1.54, 1.807) is 6.07 Å². The molecule has 0 spiro atoms. The average Bonchev–Trinajstić information content (AvgIpc) is 2.41. The second-order valence-corrected chi connectivity index (χ2v) is 3.83. The van der Waals surface area contributed by atoms with Gasteiger partial charge in [0.1, 0.15) is 5.82 Å². The average molecular weight is 275 g/mol. The first-order valence-electron chi connectivity index (χ1n) is 5.57. The number of carboxylic acid groups (broad SMARTS) is 1. The van der Waals surface area contributed by atoms with Gasteiger partial charge in [-0.15, -0.1) is 0 Å². The van der Waals surface area contributed by atoms with Crippen LogP contribution in [0.4, 0.5) is 20.6 Å². The maximum Gasteiger partial charge on any atom is 0.337 e. The Morgan fingerprint density at radius 2 is 1.90 bits per heavy atom. The van der Waals surface area contributed by atoms with Gasteiger partial charge in [0.25, 0.3) is 0 Å². The van der Waals surface area contributed by atoms with Crippen molar-refractivity contribution in [3.05, 3.63) is 54.1 Å². The van der Waals surface area contributed by atoms with Crippen molar-refractivity contribution >= 4 is 23.4 Å². The zero-order valence-electron chi connectivity index (χ0n) is 10.1. The van der Waals surface area contributed by atoms with E-state index in [0.29, 0.717) is 0 Å². The van der Waals surface area contributed by atoms with Crippen molar-refractivity contribution < 1.29 is 19.1 Å². The third-order valence-corrected chi connectivity index (χ3v) is 2.37. The Bertz CT molecular complexity index is 661. The monoisotopic (exact) mass is 275 g/mol. The Kier molecular flexibility index (Phi) is 3.90. The molecule has 7 heteroatoms. The molecule has 0 radical (unpaired) electrons. The number of anilines is 2. The lowest BCUT2D eigenvalue weighted by atomic mass is 10.2. The molecular formula is C13H10FN3O3. The molecule has 0 saturated heterocycles. The topological polar surface area (TPSA) is 91.3 Å². The largest absolute Gasteiger partial charge is 0.478 e. The van der Waals surface area contributed by atoms with Gasteiger partial charge in [0.15, 0.2) is 0 Å². The summed E-state index contributed by atoms with van der Waals surface area (Å²) in [5, 5.41) is 13.5. The summed E-state index contributed by atoms with van der Waals surface area (Å²) in [7, 11) is 0. The second kappa shape index (κ2) is 5.79. The van der Waals surface area contributed by atoms with Gasteiger partial charge in [0, 0.05) is 6.20 Å². The first kappa shape index (κ1) is 13.5. The number of halogens is 1. The van der Waals surface area contributed by atoms with Gasteiger partial charge in [-0.2, -0.15) is 0 Å². The maximum atomic E-state index is 13.3. The minimum atomic E-state index is -1.16. The van der Waals surface area contributed by atoms with Crippen molar-refractivity contribution in [1.82, 2.24) is 4.98 Å². The van der Waals surface area contributed by atoms with Gasteiger partial charge in [-0.3, -0.25) is 4.98 Å². The summed E-state index contributed by atoms with van der Waals surface area (Å²) < 4.78 is 13.3. The van der Waals surface area contributed by atoms with Crippen molar-refractivity contribution in [3.63, 3.8) is 0 Å². The standard InChI is InChI=1S/C13H10FN3O3/c14-10-3-1-2-4-11(10)17-13(20)16-9-5-8(12(18)19)6-15-7-9/h1-7H,(H,18,19)(H2,16,17,20). The van der Waals surface area contributed by atoms with Gasteiger partial charge in [-0.25, -0.2) is 14.0 Å². The second-order valence-electron chi connectivity index (χ2n) is 3.83. The molecule has 0 bridgehead atoms. The van der Waals surface area contributed by atoms with E-state index in [1.807, 2.05) is 0 Å². The molecule has 0 fully saturated rings. The summed E-state index contributed by atoms with van der Waals surface area (Å²) in [6.45, 7) is 0. The number of benzene rings is 1. The molecule has 0 saturated carbocycles. The Morgan fingerprint density at radius 1 is 1.15 bits per heavy atom. The minimum Gasteiger partial charge on any atom is -0.478 e. The van der Waals surface area contributed by atoms with Crippen LogP contribution in [-0.2, 0) is 0 Å². The molecule has 2 rings (SSSR count). The van der Waals surface area contributed by atoms with Gasteiger partial charge >= 0.3 is 12.0 Å². The number of aromatic carboxylic acids is 1. The summed E-state index contributed by atoms with van der Waals surface area (Å²) in [4.78, 5) is 26.1. The first-order chi connectivity index (χ1) is 9.56. The lowest BCUT2D eigenvalue weighted by molar-refractivity contribution is 0.0696. The number of urea groups is 1. The number of para-hydroxylation sites is 1. The predicted molar refractivity (Wildman–Crippen MR) is 70.2 cm³/mol. The number of carbonyl (C=O) groups is 2. The number of hydrogen-bond acceptors (Lipinski definition) is 3. The molecule has 3 N–H and O–H groups in total. The lowest BCUT2D eigenvalue weighted by Gasteiger charge is -2.08. The van der Waals surface area contributed by atoms with E-state index in [1.165, 1.54) is 30.5 Å². The summed E-state index contributed by atoms with van der Waals surface area (Å²) >= 11 is 0. The van der Waals surface area contributed by atoms with Crippen molar-refractivity contribution in [2.75, 3.05) is 10.6 Å². The summed E-state index contributed by atoms with van der Waals surface area (Å²) in [6.07, 6.45) is 2.44. The van der Waals surface area contributed by atoms with E-state index >= 15 is 0 Å². The van der Waals surface area contributed by atoms with Crippen LogP contribution in [0.1, 0.15) is 10.4 Å². The predicted octanol–water partition coefficient (Wildman–Crippen LogP) is 2.56. The lowest BCUT2D eigenvalue weighted by Crippen LogP contribution is -2.20. The van der Waals surface area contributed by atoms with Crippen LogP contribution in [0.5, 0.6) is 0 Å². The molecule has 2 amide bonds. The van der Waals surface area contributed by atoms with E-state index in [2.05, 4.69) is 15.6 Å². The summed E-state index contributed by atoms with van der Waals surface area (Å²) in [5.74, 6) is -1.73. The van der Waals surface area contributed by atoms with E-state index < -0.39 is 17.8 Å². The Labute approximate surface area is 113 Å². The highest BCUT2D eigenvalue weighted by molar-refractivity contribution is 6.00. The normalized spacial score (nSPS) is 9.85. The molecule has 0 aliphatic carbocycles. The zero-order chi connectivity index (χ0) is 14.5. The van der Waals surface area contributed by atoms with Crippen LogP contribution in [0.3, 0.4) is 0 Å². The Morgan fingerprint density at radius 3 is 2.60 bits per heavy atom. The van der Waals surface area contributed by atoms with Gasteiger partial charge in [-0.1, -0.05) is 12.1 Å². The van der Waals surface area contributed by atoms with Crippen molar-refractivity contribution in [3.8, 4) is 0 Å². The van der Waals surface area contributed by atoms with Crippen LogP contribution in [0, 0.1) is 5.82 Å². The number of nitrogens with one attached hydrogen (secondary N) is 2. The number of pyridine rings is 1. The quantitative estimate of drug-likeness (QED) is 0.802. The number of rotatable bonds is 3. The molecule has 0 aliphatic rings. The molecule has 1 aromatic heterocycles. The van der Waals surface area contributed by atoms with Crippen molar-refractivity contribution in [2.45, 2.75) is 0 Å². The SMILES string of the molecule is O=C(Nc1cncc(C(=O)O)c1)Nc1ccccc1F. The number of aromatic nitrogens is 1. The molecule has 6 nitrogen and oxygen atoms in total. The highest BCUT2D eigenvalue weighted by Gasteiger charge is 2.08. The van der Waals surface area contributed by atoms with Crippen LogP contribution < -0.4 is 10.6 Å². The molecule has 2 aromatic rings. The Balaban J connectivity index is 2.07. The van der Waals surface area contributed by atoms with Crippen molar-refractivity contribution in [1.29, 1.82) is 0 Å². The molecular weight excluding hydrogens is 265 g/mol. The zero-order valence-corrected chi connectivity index (χ0v) is 10.1. The maximum absolute atomic E-state index is 13.3. The van der Waals surface area contributed by atoms with E-state index in [-0.39, 0.29) is 16.9 Å². The van der Waals surface area contributed by atoms with Crippen LogP contribution in [-0.4, -0.2) is 22.1 Å². The number of carbonyl (C=O) groups excluding carboxylic acids is 1. The fourth-order valence-electron chi connectivity index (χ4n) is 1.47. The van der Waals surface area contributed by atoms with Gasteiger partial charge in [0.05, 0.1) is 23.1 Å². The number of hydrogen-bond donors (Lipinski definition) is 3. The fraction of sp³-hybridized carbons (Fsp3) is 0. The fourth-order valence-corrected chi connectivity index (χ4v) is 1.47.